The molecule has 0 atom stereocenters. The third-order valence-electron chi connectivity index (χ3n) is 2.53. The molecule has 0 radical (unpaired) electrons. The quantitative estimate of drug-likeness (QED) is 0.581. The highest BCUT2D eigenvalue weighted by atomic mass is 16.1. The Balaban J connectivity index is 2.97. The molecule has 0 aliphatic rings. The van der Waals surface area contributed by atoms with E-state index in [4.69, 9.17) is 0 Å². The Hall–Kier alpha value is -2.54. The number of nitrogens with zero attached hydrogens (tertiary/aromatic N) is 2. The minimum Gasteiger partial charge on any atom is -0.211 e. The summed E-state index contributed by atoms with van der Waals surface area (Å²) >= 11 is 0. The number of carbonyl (C=O) groups excluding carboxylic acids is 2. The van der Waals surface area contributed by atoms with Gasteiger partial charge in [-0.15, -0.1) is 0 Å². The molecule has 0 aromatic heterocycles. The maximum Gasteiger partial charge on any atom is 0.240 e. The molecule has 0 aliphatic carbocycles. The lowest BCUT2D eigenvalue weighted by Crippen LogP contribution is -1.80. The third kappa shape index (κ3) is 1.91. The molecule has 4 heteroatoms. The summed E-state index contributed by atoms with van der Waals surface area (Å²) in [6.07, 6.45) is 2.94. The monoisotopic (exact) mass is 224 g/mol. The number of isocyanates is 2. The highest BCUT2D eigenvalue weighted by Crippen LogP contribution is 2.37. The number of rotatable bonds is 2. The van der Waals surface area contributed by atoms with Crippen LogP contribution in [0, 0.1) is 6.92 Å². The molecule has 2 rings (SSSR count). The Labute approximate surface area is 97.3 Å². The predicted octanol–water partition coefficient (Wildman–Crippen LogP) is 3.08. The molecule has 0 spiro atoms. The lowest BCUT2D eigenvalue weighted by atomic mass is 10.0. The number of hydrogen-bond donors (Lipinski definition) is 0. The Kier molecular flexibility index (Phi) is 2.93. The molecule has 0 saturated carbocycles. The molecule has 0 amide bonds. The van der Waals surface area contributed by atoms with Crippen molar-refractivity contribution in [2.45, 2.75) is 6.92 Å². The summed E-state index contributed by atoms with van der Waals surface area (Å²) in [5, 5.41) is 1.73. The van der Waals surface area contributed by atoms with E-state index in [1.807, 2.05) is 31.2 Å². The van der Waals surface area contributed by atoms with Crippen molar-refractivity contribution in [1.82, 2.24) is 0 Å². The molecule has 0 unspecified atom stereocenters. The van der Waals surface area contributed by atoms with Crippen LogP contribution >= 0.6 is 0 Å². The minimum absolute atomic E-state index is 0.333. The van der Waals surface area contributed by atoms with Gasteiger partial charge in [0.05, 0.1) is 0 Å². The molecule has 0 bridgehead atoms. The van der Waals surface area contributed by atoms with Crippen molar-refractivity contribution in [3.8, 4) is 0 Å². The summed E-state index contributed by atoms with van der Waals surface area (Å²) in [6.45, 7) is 1.90. The van der Waals surface area contributed by atoms with Gasteiger partial charge in [0.15, 0.2) is 0 Å². The average Bonchev–Trinajstić information content (AvgIpc) is 2.34. The van der Waals surface area contributed by atoms with Crippen LogP contribution in [0.1, 0.15) is 5.56 Å². The van der Waals surface area contributed by atoms with E-state index in [2.05, 4.69) is 9.98 Å². The Bertz CT molecular complexity index is 679. The van der Waals surface area contributed by atoms with Crippen LogP contribution < -0.4 is 0 Å². The van der Waals surface area contributed by atoms with Gasteiger partial charge in [-0.25, -0.2) is 9.59 Å². The predicted molar refractivity (Wildman–Crippen MR) is 64.2 cm³/mol. The molecule has 0 aliphatic heterocycles. The first-order chi connectivity index (χ1) is 8.27. The van der Waals surface area contributed by atoms with Crippen LogP contribution in [-0.4, -0.2) is 12.2 Å². The van der Waals surface area contributed by atoms with Crippen LogP contribution in [0.15, 0.2) is 40.3 Å². The number of fused-ring (bicyclic) bond motifs is 1. The zero-order valence-corrected chi connectivity index (χ0v) is 9.10. The minimum atomic E-state index is 0.333. The molecular formula is C13H8N2O2. The highest BCUT2D eigenvalue weighted by molar-refractivity contribution is 6.00. The molecule has 82 valence electrons. The molecule has 0 heterocycles. The van der Waals surface area contributed by atoms with Crippen LogP contribution in [-0.2, 0) is 9.59 Å². The van der Waals surface area contributed by atoms with Gasteiger partial charge in [0.1, 0.15) is 11.4 Å². The second-order valence-electron chi connectivity index (χ2n) is 3.51. The fourth-order valence-electron chi connectivity index (χ4n) is 1.82. The first kappa shape index (κ1) is 11.0. The number of hydrogen-bond acceptors (Lipinski definition) is 4. The molecule has 0 fully saturated rings. The number of benzene rings is 2. The molecule has 17 heavy (non-hydrogen) atoms. The second kappa shape index (κ2) is 4.54. The van der Waals surface area contributed by atoms with E-state index in [-0.39, 0.29) is 0 Å². The maximum atomic E-state index is 10.4. The van der Waals surface area contributed by atoms with E-state index in [0.717, 1.165) is 16.3 Å². The van der Waals surface area contributed by atoms with Gasteiger partial charge in [0.2, 0.25) is 12.2 Å². The second-order valence-corrected chi connectivity index (χ2v) is 3.51. The van der Waals surface area contributed by atoms with Crippen molar-refractivity contribution >= 4 is 34.3 Å². The Morgan fingerprint density at radius 2 is 1.65 bits per heavy atom. The van der Waals surface area contributed by atoms with Crippen LogP contribution in [0.5, 0.6) is 0 Å². The zero-order chi connectivity index (χ0) is 12.3. The van der Waals surface area contributed by atoms with Crippen LogP contribution in [0.4, 0.5) is 11.4 Å². The van der Waals surface area contributed by atoms with Gasteiger partial charge < -0.3 is 0 Å². The van der Waals surface area contributed by atoms with Gasteiger partial charge in [0.25, 0.3) is 0 Å². The third-order valence-corrected chi connectivity index (χ3v) is 2.53. The van der Waals surface area contributed by atoms with Crippen LogP contribution in [0.2, 0.25) is 0 Å². The Morgan fingerprint density at radius 3 is 2.29 bits per heavy atom. The summed E-state index contributed by atoms with van der Waals surface area (Å²) in [5.41, 5.74) is 1.64. The summed E-state index contributed by atoms with van der Waals surface area (Å²) in [6, 6.07) is 9.17. The largest absolute Gasteiger partial charge is 0.240 e. The first-order valence-corrected chi connectivity index (χ1v) is 4.96. The first-order valence-electron chi connectivity index (χ1n) is 4.96. The van der Waals surface area contributed by atoms with Gasteiger partial charge in [-0.2, -0.15) is 9.98 Å². The highest BCUT2D eigenvalue weighted by Gasteiger charge is 2.08. The molecule has 0 N–H and O–H groups in total. The van der Waals surface area contributed by atoms with E-state index in [9.17, 15) is 9.59 Å². The van der Waals surface area contributed by atoms with Crippen molar-refractivity contribution in [3.05, 3.63) is 35.9 Å². The topological polar surface area (TPSA) is 58.9 Å². The van der Waals surface area contributed by atoms with E-state index in [0.29, 0.717) is 11.4 Å². The molecule has 2 aromatic rings. The van der Waals surface area contributed by atoms with Crippen molar-refractivity contribution in [1.29, 1.82) is 0 Å². The van der Waals surface area contributed by atoms with Crippen LogP contribution in [0.25, 0.3) is 10.8 Å². The molecule has 2 aromatic carbocycles. The Morgan fingerprint density at radius 1 is 1.00 bits per heavy atom. The maximum absolute atomic E-state index is 10.4. The normalized spacial score (nSPS) is 9.47. The average molecular weight is 224 g/mol. The SMILES string of the molecule is Cc1cc(N=C=O)c(N=C=O)c2ccccc12. The zero-order valence-electron chi connectivity index (χ0n) is 9.10. The van der Waals surface area contributed by atoms with Crippen molar-refractivity contribution in [2.75, 3.05) is 0 Å². The van der Waals surface area contributed by atoms with Crippen molar-refractivity contribution in [3.63, 3.8) is 0 Å². The van der Waals surface area contributed by atoms with Crippen molar-refractivity contribution < 1.29 is 9.59 Å². The summed E-state index contributed by atoms with van der Waals surface area (Å²) < 4.78 is 0. The van der Waals surface area contributed by atoms with E-state index in [1.54, 1.807) is 6.07 Å². The van der Waals surface area contributed by atoms with E-state index >= 15 is 0 Å². The van der Waals surface area contributed by atoms with Gasteiger partial charge in [-0.1, -0.05) is 24.3 Å². The summed E-state index contributed by atoms with van der Waals surface area (Å²) in [4.78, 5) is 27.9. The smallest absolute Gasteiger partial charge is 0.211 e. The van der Waals surface area contributed by atoms with Gasteiger partial charge >= 0.3 is 0 Å². The van der Waals surface area contributed by atoms with Crippen LogP contribution in [0.3, 0.4) is 0 Å². The number of aliphatic imine (C=N–C) groups is 2. The lowest BCUT2D eigenvalue weighted by molar-refractivity contribution is 0.564. The van der Waals surface area contributed by atoms with Gasteiger partial charge in [-0.3, -0.25) is 0 Å². The van der Waals surface area contributed by atoms with Gasteiger partial charge in [0, 0.05) is 5.39 Å². The fourth-order valence-corrected chi connectivity index (χ4v) is 1.82. The molecule has 0 saturated heterocycles. The van der Waals surface area contributed by atoms with E-state index in [1.165, 1.54) is 12.2 Å². The van der Waals surface area contributed by atoms with Gasteiger partial charge in [-0.05, 0) is 23.9 Å². The molecule has 4 nitrogen and oxygen atoms in total. The number of aryl methyl sites for hydroxylation is 1. The van der Waals surface area contributed by atoms with Crippen molar-refractivity contribution in [2.24, 2.45) is 9.98 Å². The van der Waals surface area contributed by atoms with E-state index < -0.39 is 0 Å². The summed E-state index contributed by atoms with van der Waals surface area (Å²) in [7, 11) is 0. The standard InChI is InChI=1S/C13H8N2O2/c1-9-6-12(14-7-16)13(15-8-17)11-5-3-2-4-10(9)11/h2-6H,1H3. The fraction of sp³-hybridized carbons (Fsp3) is 0.0769. The lowest BCUT2D eigenvalue weighted by Gasteiger charge is -2.06. The summed E-state index contributed by atoms with van der Waals surface area (Å²) in [5.74, 6) is 0. The molecular weight excluding hydrogens is 216 g/mol.